The number of nitriles is 1. The van der Waals surface area contributed by atoms with Crippen LogP contribution in [-0.2, 0) is 5.41 Å². The van der Waals surface area contributed by atoms with Crippen molar-refractivity contribution in [3.05, 3.63) is 198 Å². The van der Waals surface area contributed by atoms with E-state index in [1.54, 1.807) is 0 Å². The van der Waals surface area contributed by atoms with Gasteiger partial charge in [0.05, 0.1) is 39.3 Å². The van der Waals surface area contributed by atoms with E-state index in [1.807, 2.05) is 36.4 Å². The van der Waals surface area contributed by atoms with Gasteiger partial charge >= 0.3 is 0 Å². The predicted octanol–water partition coefficient (Wildman–Crippen LogP) is 11.8. The van der Waals surface area contributed by atoms with E-state index < -0.39 is 5.41 Å². The molecule has 54 heavy (non-hydrogen) atoms. The number of para-hydroxylation sites is 2. The van der Waals surface area contributed by atoms with Crippen molar-refractivity contribution in [3.63, 3.8) is 0 Å². The van der Waals surface area contributed by atoms with Crippen LogP contribution in [0, 0.1) is 11.3 Å². The van der Waals surface area contributed by atoms with Crippen LogP contribution in [0.3, 0.4) is 0 Å². The van der Waals surface area contributed by atoms with Gasteiger partial charge in [0.2, 0.25) is 5.95 Å². The molecule has 8 aromatic carbocycles. The average Bonchev–Trinajstić information content (AvgIpc) is 3.86. The third kappa shape index (κ3) is 3.56. The van der Waals surface area contributed by atoms with Crippen molar-refractivity contribution in [2.24, 2.45) is 0 Å². The molecule has 248 valence electrons. The number of hydrogen-bond acceptors (Lipinski definition) is 3. The maximum absolute atomic E-state index is 9.87. The highest BCUT2D eigenvalue weighted by Gasteiger charge is 2.53. The molecule has 2 aromatic heterocycles. The number of nitrogens with zero attached hydrogens (tertiary/aromatic N) is 4. The van der Waals surface area contributed by atoms with Gasteiger partial charge in [0, 0.05) is 27.3 Å². The fourth-order valence-corrected chi connectivity index (χ4v) is 9.85. The SMILES string of the molecule is N#Cc1cccc(-c2nc(-n3c4ccccc4c4c5ccccc5c5c(c43)C3(c4ccccc4-c4ccccc43)c3ccccc3-5)nc3ccccc23)c1. The Morgan fingerprint density at radius 3 is 1.85 bits per heavy atom. The molecule has 0 fully saturated rings. The normalized spacial score (nSPS) is 13.3. The smallest absolute Gasteiger partial charge is 0.235 e. The zero-order valence-corrected chi connectivity index (χ0v) is 29.0. The van der Waals surface area contributed by atoms with Crippen molar-refractivity contribution in [3.8, 4) is 45.5 Å². The second-order valence-corrected chi connectivity index (χ2v) is 14.3. The summed E-state index contributed by atoms with van der Waals surface area (Å²) < 4.78 is 2.33. The summed E-state index contributed by atoms with van der Waals surface area (Å²) in [5, 5.41) is 15.6. The zero-order valence-electron chi connectivity index (χ0n) is 29.0. The molecule has 4 nitrogen and oxygen atoms in total. The van der Waals surface area contributed by atoms with Gasteiger partial charge in [0.25, 0.3) is 0 Å². The summed E-state index contributed by atoms with van der Waals surface area (Å²) >= 11 is 0. The van der Waals surface area contributed by atoms with Crippen LogP contribution in [0.15, 0.2) is 170 Å². The molecule has 0 N–H and O–H groups in total. The Morgan fingerprint density at radius 1 is 0.519 bits per heavy atom. The molecule has 2 aliphatic rings. The molecule has 0 amide bonds. The quantitative estimate of drug-likeness (QED) is 0.182. The average molecular weight is 685 g/mol. The second kappa shape index (κ2) is 10.6. The van der Waals surface area contributed by atoms with E-state index in [4.69, 9.17) is 9.97 Å². The van der Waals surface area contributed by atoms with Crippen molar-refractivity contribution in [1.82, 2.24) is 14.5 Å². The van der Waals surface area contributed by atoms with Gasteiger partial charge in [0.1, 0.15) is 0 Å². The minimum atomic E-state index is -0.589. The standard InChI is InChI=1S/C50H28N4/c51-29-30-14-13-15-31(28-30)47-37-21-6-11-26-42(37)52-49(53-47)54-43-27-12-7-22-38(43)45-35-19-2-1-18-34(35)44-36-20-5-10-25-41(36)50(46(44)48(45)54)39-23-8-3-16-32(39)33-17-4-9-24-40(33)50/h1-28H. The second-order valence-electron chi connectivity index (χ2n) is 14.3. The zero-order chi connectivity index (χ0) is 35.5. The summed E-state index contributed by atoms with van der Waals surface area (Å²) in [6.45, 7) is 0. The maximum Gasteiger partial charge on any atom is 0.235 e. The fraction of sp³-hybridized carbons (Fsp3) is 0.0200. The van der Waals surface area contributed by atoms with E-state index in [9.17, 15) is 5.26 Å². The summed E-state index contributed by atoms with van der Waals surface area (Å²) in [7, 11) is 0. The van der Waals surface area contributed by atoms with Crippen molar-refractivity contribution < 1.29 is 0 Å². The predicted molar refractivity (Wildman–Crippen MR) is 218 cm³/mol. The first-order valence-corrected chi connectivity index (χ1v) is 18.3. The Bertz CT molecular complexity index is 3260. The Morgan fingerprint density at radius 2 is 1.11 bits per heavy atom. The third-order valence-electron chi connectivity index (χ3n) is 11.8. The van der Waals surface area contributed by atoms with Gasteiger partial charge in [-0.15, -0.1) is 0 Å². The lowest BCUT2D eigenvalue weighted by Crippen LogP contribution is -2.26. The Labute approximate surface area is 310 Å². The molecule has 4 heteroatoms. The lowest BCUT2D eigenvalue weighted by Gasteiger charge is -2.31. The van der Waals surface area contributed by atoms with E-state index >= 15 is 0 Å². The Kier molecular flexibility index (Phi) is 5.74. The first-order chi connectivity index (χ1) is 26.8. The van der Waals surface area contributed by atoms with Gasteiger partial charge in [-0.05, 0) is 74.0 Å². The lowest BCUT2D eigenvalue weighted by atomic mass is 9.70. The lowest BCUT2D eigenvalue weighted by molar-refractivity contribution is 0.796. The van der Waals surface area contributed by atoms with Crippen LogP contribution in [0.25, 0.3) is 82.9 Å². The number of rotatable bonds is 2. The van der Waals surface area contributed by atoms with Crippen LogP contribution in [0.2, 0.25) is 0 Å². The summed E-state index contributed by atoms with van der Waals surface area (Å²) in [6, 6.07) is 62.8. The molecular weight excluding hydrogens is 657 g/mol. The summed E-state index contributed by atoms with van der Waals surface area (Å²) in [4.78, 5) is 10.9. The molecule has 0 saturated heterocycles. The minimum Gasteiger partial charge on any atom is -0.277 e. The molecule has 12 rings (SSSR count). The molecular formula is C50H28N4. The first kappa shape index (κ1) is 29.3. The Hall–Kier alpha value is -7.35. The van der Waals surface area contributed by atoms with E-state index in [0.717, 1.165) is 38.6 Å². The van der Waals surface area contributed by atoms with Gasteiger partial charge in [-0.2, -0.15) is 5.26 Å². The van der Waals surface area contributed by atoms with E-state index in [0.29, 0.717) is 11.5 Å². The molecule has 2 heterocycles. The van der Waals surface area contributed by atoms with E-state index in [-0.39, 0.29) is 0 Å². The first-order valence-electron chi connectivity index (χ1n) is 18.3. The van der Waals surface area contributed by atoms with E-state index in [1.165, 1.54) is 60.7 Å². The van der Waals surface area contributed by atoms with Crippen LogP contribution < -0.4 is 0 Å². The van der Waals surface area contributed by atoms with Gasteiger partial charge in [-0.3, -0.25) is 4.57 Å². The fourth-order valence-electron chi connectivity index (χ4n) is 9.85. The summed E-state index contributed by atoms with van der Waals surface area (Å²) in [6.07, 6.45) is 0. The number of fused-ring (bicyclic) bond motifs is 18. The van der Waals surface area contributed by atoms with Crippen LogP contribution in [0.4, 0.5) is 0 Å². The highest BCUT2D eigenvalue weighted by atomic mass is 15.2. The molecule has 0 atom stereocenters. The van der Waals surface area contributed by atoms with Crippen molar-refractivity contribution >= 4 is 43.5 Å². The summed E-state index contributed by atoms with van der Waals surface area (Å²) in [5.74, 6) is 0.598. The maximum atomic E-state index is 9.87. The number of hydrogen-bond donors (Lipinski definition) is 0. The topological polar surface area (TPSA) is 54.5 Å². The van der Waals surface area contributed by atoms with Crippen LogP contribution in [0.1, 0.15) is 27.8 Å². The third-order valence-corrected chi connectivity index (χ3v) is 11.8. The van der Waals surface area contributed by atoms with Gasteiger partial charge in [-0.25, -0.2) is 9.97 Å². The highest BCUT2D eigenvalue weighted by Crippen LogP contribution is 2.66. The van der Waals surface area contributed by atoms with Gasteiger partial charge in [-0.1, -0.05) is 146 Å². The van der Waals surface area contributed by atoms with E-state index in [2.05, 4.69) is 144 Å². The molecule has 10 aromatic rings. The van der Waals surface area contributed by atoms with Crippen LogP contribution in [0.5, 0.6) is 0 Å². The molecule has 0 bridgehead atoms. The van der Waals surface area contributed by atoms with Crippen LogP contribution >= 0.6 is 0 Å². The molecule has 0 unspecified atom stereocenters. The highest BCUT2D eigenvalue weighted by molar-refractivity contribution is 6.27. The van der Waals surface area contributed by atoms with Crippen molar-refractivity contribution in [2.75, 3.05) is 0 Å². The summed E-state index contributed by atoms with van der Waals surface area (Å²) in [5.41, 5.74) is 14.9. The molecule has 1 spiro atoms. The van der Waals surface area contributed by atoms with Crippen molar-refractivity contribution in [2.45, 2.75) is 5.41 Å². The minimum absolute atomic E-state index is 0.589. The number of benzene rings is 8. The monoisotopic (exact) mass is 684 g/mol. The number of aromatic nitrogens is 3. The molecule has 0 saturated carbocycles. The van der Waals surface area contributed by atoms with Crippen LogP contribution in [-0.4, -0.2) is 14.5 Å². The molecule has 0 radical (unpaired) electrons. The largest absolute Gasteiger partial charge is 0.277 e. The van der Waals surface area contributed by atoms with Gasteiger partial charge < -0.3 is 0 Å². The molecule has 2 aliphatic carbocycles. The molecule has 0 aliphatic heterocycles. The van der Waals surface area contributed by atoms with Crippen molar-refractivity contribution in [1.29, 1.82) is 5.26 Å². The Balaban J connectivity index is 1.34. The van der Waals surface area contributed by atoms with Gasteiger partial charge in [0.15, 0.2) is 0 Å².